The summed E-state index contributed by atoms with van der Waals surface area (Å²) in [4.78, 5) is 30.0. The summed E-state index contributed by atoms with van der Waals surface area (Å²) in [5, 5.41) is 2.91. The van der Waals surface area contributed by atoms with Gasteiger partial charge in [0.25, 0.3) is 0 Å². The monoisotopic (exact) mass is 425 g/mol. The molecule has 1 saturated heterocycles. The van der Waals surface area contributed by atoms with Crippen molar-refractivity contribution in [3.63, 3.8) is 0 Å². The Labute approximate surface area is 187 Å². The summed E-state index contributed by atoms with van der Waals surface area (Å²) in [7, 11) is 0. The normalized spacial score (nSPS) is 27.6. The fourth-order valence-electron chi connectivity index (χ4n) is 6.26. The van der Waals surface area contributed by atoms with Crippen LogP contribution in [0.25, 0.3) is 0 Å². The van der Waals surface area contributed by atoms with Crippen LogP contribution in [0.3, 0.4) is 0 Å². The molecule has 1 aliphatic carbocycles. The van der Waals surface area contributed by atoms with E-state index in [9.17, 15) is 9.59 Å². The summed E-state index contributed by atoms with van der Waals surface area (Å²) in [6, 6.07) is 9.60. The first-order chi connectivity index (χ1) is 15.0. The number of anilines is 2. The Hall–Kier alpha value is -1.88. The molecule has 2 fully saturated rings. The third-order valence-corrected chi connectivity index (χ3v) is 7.66. The molecule has 3 atom stereocenters. The minimum atomic E-state index is -0.213. The maximum absolute atomic E-state index is 13.1. The van der Waals surface area contributed by atoms with E-state index in [2.05, 4.69) is 24.1 Å². The van der Waals surface area contributed by atoms with Gasteiger partial charge in [0, 0.05) is 24.2 Å². The number of carbonyl (C=O) groups excluding carboxylic acids is 2. The molecule has 4 rings (SSSR count). The van der Waals surface area contributed by atoms with Gasteiger partial charge in [-0.3, -0.25) is 14.5 Å². The third kappa shape index (κ3) is 5.14. The predicted octanol–water partition coefficient (Wildman–Crippen LogP) is 5.50. The van der Waals surface area contributed by atoms with Crippen LogP contribution in [-0.2, 0) is 9.59 Å². The van der Waals surface area contributed by atoms with Crippen molar-refractivity contribution in [2.75, 3.05) is 10.2 Å². The van der Waals surface area contributed by atoms with Gasteiger partial charge in [0.05, 0.1) is 11.4 Å². The van der Waals surface area contributed by atoms with E-state index in [0.717, 1.165) is 17.8 Å². The van der Waals surface area contributed by atoms with Gasteiger partial charge in [-0.2, -0.15) is 0 Å². The molecule has 0 aromatic heterocycles. The van der Waals surface area contributed by atoms with Crippen molar-refractivity contribution >= 4 is 23.2 Å². The number of piperidine rings is 1. The van der Waals surface area contributed by atoms with E-state index in [1.807, 2.05) is 29.2 Å². The molecule has 0 spiro atoms. The average molecular weight is 426 g/mol. The molecule has 3 aliphatic rings. The van der Waals surface area contributed by atoms with Crippen LogP contribution < -0.4 is 10.2 Å². The number of hydrogen-bond acceptors (Lipinski definition) is 3. The molecule has 2 aliphatic heterocycles. The number of benzene rings is 1. The summed E-state index contributed by atoms with van der Waals surface area (Å²) in [5.41, 5.74) is 1.59. The number of amides is 2. The average Bonchev–Trinajstić information content (AvgIpc) is 2.83. The summed E-state index contributed by atoms with van der Waals surface area (Å²) in [5.74, 6) is -0.300. The zero-order chi connectivity index (χ0) is 21.8. The molecule has 2 heterocycles. The molecule has 0 radical (unpaired) electrons. The van der Waals surface area contributed by atoms with E-state index in [1.165, 1.54) is 64.2 Å². The first-order valence-electron chi connectivity index (χ1n) is 12.5. The molecule has 0 unspecified atom stereocenters. The number of para-hydroxylation sites is 2. The molecule has 31 heavy (non-hydrogen) atoms. The lowest BCUT2D eigenvalue weighted by atomic mass is 9.86. The summed E-state index contributed by atoms with van der Waals surface area (Å²) in [6.45, 7) is 4.57. The van der Waals surface area contributed by atoms with E-state index in [4.69, 9.17) is 0 Å². The highest BCUT2D eigenvalue weighted by atomic mass is 16.2. The second kappa shape index (κ2) is 10.2. The fourth-order valence-corrected chi connectivity index (χ4v) is 6.26. The summed E-state index contributed by atoms with van der Waals surface area (Å²) in [6.07, 6.45) is 14.1. The maximum atomic E-state index is 13.1. The molecule has 1 saturated carbocycles. The van der Waals surface area contributed by atoms with Gasteiger partial charge in [-0.15, -0.1) is 0 Å². The number of nitrogens with zero attached hydrogens (tertiary/aromatic N) is 2. The molecule has 1 aromatic carbocycles. The molecule has 1 N–H and O–H groups in total. The van der Waals surface area contributed by atoms with E-state index in [0.29, 0.717) is 18.1 Å². The zero-order valence-corrected chi connectivity index (χ0v) is 19.3. The third-order valence-electron chi connectivity index (χ3n) is 7.66. The van der Waals surface area contributed by atoms with Crippen LogP contribution in [0.4, 0.5) is 11.4 Å². The van der Waals surface area contributed by atoms with Gasteiger partial charge < -0.3 is 10.2 Å². The maximum Gasteiger partial charge on any atom is 0.236 e. The second-order valence-electron chi connectivity index (χ2n) is 9.97. The van der Waals surface area contributed by atoms with Gasteiger partial charge in [0.1, 0.15) is 6.42 Å². The van der Waals surface area contributed by atoms with Gasteiger partial charge >= 0.3 is 0 Å². The van der Waals surface area contributed by atoms with E-state index >= 15 is 0 Å². The molecule has 5 heteroatoms. The van der Waals surface area contributed by atoms with Crippen molar-refractivity contribution in [1.29, 1.82) is 0 Å². The lowest BCUT2D eigenvalue weighted by Gasteiger charge is -2.48. The molecule has 170 valence electrons. The summed E-state index contributed by atoms with van der Waals surface area (Å²) >= 11 is 0. The highest BCUT2D eigenvalue weighted by Gasteiger charge is 2.37. The van der Waals surface area contributed by atoms with Crippen LogP contribution in [-0.4, -0.2) is 40.9 Å². The van der Waals surface area contributed by atoms with Crippen LogP contribution in [0, 0.1) is 0 Å². The number of likely N-dealkylation sites (tertiary alicyclic amines) is 1. The van der Waals surface area contributed by atoms with E-state index in [-0.39, 0.29) is 24.3 Å². The SMILES string of the molecule is C[C@H](C[C@@H]1CCC[C@H](C)N1C1CCCCCCC1)N1C(=O)CC(=O)Nc2ccccc21. The number of rotatable bonds is 4. The van der Waals surface area contributed by atoms with Gasteiger partial charge in [0.2, 0.25) is 11.8 Å². The standard InChI is InChI=1S/C26H39N3O2/c1-19-11-10-14-22(28(19)21-12-6-4-3-5-7-13-21)17-20(2)29-24-16-9-8-15-23(24)27-25(30)18-26(29)31/h8-9,15-16,19-22H,3-7,10-14,17-18H2,1-2H3,(H,27,30)/t19-,20+,22-/m0/s1. The molecule has 5 nitrogen and oxygen atoms in total. The Morgan fingerprint density at radius 1 is 0.968 bits per heavy atom. The van der Waals surface area contributed by atoms with Crippen molar-refractivity contribution in [1.82, 2.24) is 4.90 Å². The Morgan fingerprint density at radius 2 is 1.68 bits per heavy atom. The van der Waals surface area contributed by atoms with Crippen LogP contribution >= 0.6 is 0 Å². The quantitative estimate of drug-likeness (QED) is 0.649. The minimum Gasteiger partial charge on any atom is -0.324 e. The number of carbonyl (C=O) groups is 2. The van der Waals surface area contributed by atoms with Gasteiger partial charge in [-0.1, -0.05) is 50.7 Å². The molecular formula is C26H39N3O2. The fraction of sp³-hybridized carbons (Fsp3) is 0.692. The van der Waals surface area contributed by atoms with Gasteiger partial charge in [-0.25, -0.2) is 0 Å². The zero-order valence-electron chi connectivity index (χ0n) is 19.3. The van der Waals surface area contributed by atoms with Gasteiger partial charge in [-0.05, 0) is 58.1 Å². The van der Waals surface area contributed by atoms with Crippen molar-refractivity contribution in [2.45, 2.75) is 115 Å². The minimum absolute atomic E-state index is 0.0627. The van der Waals surface area contributed by atoms with E-state index < -0.39 is 0 Å². The molecule has 0 bridgehead atoms. The largest absolute Gasteiger partial charge is 0.324 e. The number of fused-ring (bicyclic) bond motifs is 1. The van der Waals surface area contributed by atoms with Crippen LogP contribution in [0.15, 0.2) is 24.3 Å². The smallest absolute Gasteiger partial charge is 0.236 e. The van der Waals surface area contributed by atoms with Crippen molar-refractivity contribution in [3.8, 4) is 0 Å². The topological polar surface area (TPSA) is 52.7 Å². The summed E-state index contributed by atoms with van der Waals surface area (Å²) < 4.78 is 0. The number of nitrogens with one attached hydrogen (secondary N) is 1. The lowest BCUT2D eigenvalue weighted by molar-refractivity contribution is -0.125. The lowest BCUT2D eigenvalue weighted by Crippen LogP contribution is -2.53. The van der Waals surface area contributed by atoms with Gasteiger partial charge in [0.15, 0.2) is 0 Å². The second-order valence-corrected chi connectivity index (χ2v) is 9.97. The number of hydrogen-bond donors (Lipinski definition) is 1. The van der Waals surface area contributed by atoms with Crippen molar-refractivity contribution < 1.29 is 9.59 Å². The first kappa shape index (κ1) is 22.3. The van der Waals surface area contributed by atoms with E-state index in [1.54, 1.807) is 0 Å². The Bertz CT molecular complexity index is 772. The van der Waals surface area contributed by atoms with Crippen molar-refractivity contribution in [3.05, 3.63) is 24.3 Å². The van der Waals surface area contributed by atoms with Crippen LogP contribution in [0.5, 0.6) is 0 Å². The highest BCUT2D eigenvalue weighted by molar-refractivity contribution is 6.14. The first-order valence-corrected chi connectivity index (χ1v) is 12.5. The Kier molecular flexibility index (Phi) is 7.31. The molecular weight excluding hydrogens is 386 g/mol. The van der Waals surface area contributed by atoms with Crippen LogP contribution in [0.2, 0.25) is 0 Å². The molecule has 2 amide bonds. The van der Waals surface area contributed by atoms with Crippen LogP contribution in [0.1, 0.15) is 90.9 Å². The Balaban J connectivity index is 1.54. The predicted molar refractivity (Wildman–Crippen MR) is 126 cm³/mol. The highest BCUT2D eigenvalue weighted by Crippen LogP contribution is 2.36. The Morgan fingerprint density at radius 3 is 2.45 bits per heavy atom. The molecule has 1 aromatic rings. The van der Waals surface area contributed by atoms with Crippen molar-refractivity contribution in [2.24, 2.45) is 0 Å².